The van der Waals surface area contributed by atoms with Crippen molar-refractivity contribution in [1.29, 1.82) is 0 Å². The number of likely N-dealkylation sites (tertiary alicyclic amines) is 1. The van der Waals surface area contributed by atoms with Gasteiger partial charge in [0.05, 0.1) is 12.5 Å². The first kappa shape index (κ1) is 29.6. The summed E-state index contributed by atoms with van der Waals surface area (Å²) in [6.07, 6.45) is -4.81. The number of rotatable bonds is 6. The van der Waals surface area contributed by atoms with E-state index in [2.05, 4.69) is 10.7 Å². The lowest BCUT2D eigenvalue weighted by atomic mass is 9.85. The van der Waals surface area contributed by atoms with Crippen LogP contribution in [0.15, 0.2) is 0 Å². The van der Waals surface area contributed by atoms with E-state index in [1.54, 1.807) is 12.2 Å². The quantitative estimate of drug-likeness (QED) is 0.260. The third kappa shape index (κ3) is 7.20. The first-order valence-electron chi connectivity index (χ1n) is 11.3. The lowest BCUT2D eigenvalue weighted by Crippen LogP contribution is -2.61. The highest BCUT2D eigenvalue weighted by atomic mass is 35.5. The highest BCUT2D eigenvalue weighted by Gasteiger charge is 2.48. The van der Waals surface area contributed by atoms with Crippen molar-refractivity contribution in [3.8, 4) is 0 Å². The van der Waals surface area contributed by atoms with Gasteiger partial charge in [0, 0.05) is 13.1 Å². The molecule has 2 unspecified atom stereocenters. The molecule has 0 aliphatic carbocycles. The number of alkyl halides is 5. The zero-order valence-electron chi connectivity index (χ0n) is 20.2. The molecule has 2 rings (SSSR count). The summed E-state index contributed by atoms with van der Waals surface area (Å²) in [5.41, 5.74) is -1.45. The minimum absolute atomic E-state index is 0.00833. The fourth-order valence-electron chi connectivity index (χ4n) is 4.12. The Kier molecular flexibility index (Phi) is 9.19. The average molecular weight is 544 g/mol. The van der Waals surface area contributed by atoms with Crippen LogP contribution in [0.4, 0.5) is 17.6 Å². The molecule has 2 aliphatic rings. The summed E-state index contributed by atoms with van der Waals surface area (Å²) in [7, 11) is 0. The van der Waals surface area contributed by atoms with Gasteiger partial charge in [-0.25, -0.2) is 9.40 Å². The summed E-state index contributed by atoms with van der Waals surface area (Å²) in [6.45, 7) is 6.02. The van der Waals surface area contributed by atoms with Crippen molar-refractivity contribution in [3.05, 3.63) is 0 Å². The molecule has 0 bridgehead atoms. The van der Waals surface area contributed by atoms with Crippen molar-refractivity contribution in [2.24, 2.45) is 17.3 Å². The molecular formula is C21H30ClF4N5O5. The van der Waals surface area contributed by atoms with Gasteiger partial charge < -0.3 is 15.5 Å². The van der Waals surface area contributed by atoms with Crippen LogP contribution in [0, 0.1) is 17.3 Å². The molecule has 0 spiro atoms. The van der Waals surface area contributed by atoms with Crippen LogP contribution in [0.5, 0.6) is 0 Å². The summed E-state index contributed by atoms with van der Waals surface area (Å²) in [5, 5.41) is 4.84. The van der Waals surface area contributed by atoms with Crippen molar-refractivity contribution in [2.45, 2.75) is 64.4 Å². The molecule has 3 N–H and O–H groups in total. The van der Waals surface area contributed by atoms with Crippen LogP contribution < -0.4 is 16.1 Å². The number of hydrazine groups is 1. The van der Waals surface area contributed by atoms with E-state index in [1.807, 2.05) is 0 Å². The maximum atomic E-state index is 13.6. The van der Waals surface area contributed by atoms with Crippen LogP contribution in [-0.4, -0.2) is 83.0 Å². The molecule has 0 aromatic rings. The van der Waals surface area contributed by atoms with Crippen LogP contribution in [0.2, 0.25) is 0 Å². The summed E-state index contributed by atoms with van der Waals surface area (Å²) < 4.78 is 52.2. The van der Waals surface area contributed by atoms with Crippen molar-refractivity contribution in [3.63, 3.8) is 0 Å². The first-order chi connectivity index (χ1) is 16.4. The summed E-state index contributed by atoms with van der Waals surface area (Å²) >= 11 is 5.26. The maximum absolute atomic E-state index is 13.6. The Labute approximate surface area is 210 Å². The Morgan fingerprint density at radius 2 is 1.83 bits per heavy atom. The topological polar surface area (TPSA) is 128 Å². The normalized spacial score (nSPS) is 24.1. The van der Waals surface area contributed by atoms with E-state index < -0.39 is 64.8 Å². The molecular weight excluding hydrogens is 514 g/mol. The van der Waals surface area contributed by atoms with E-state index in [4.69, 9.17) is 11.6 Å². The van der Waals surface area contributed by atoms with Gasteiger partial charge >= 0.3 is 12.1 Å². The molecule has 36 heavy (non-hydrogen) atoms. The largest absolute Gasteiger partial charge is 0.471 e. The Morgan fingerprint density at radius 1 is 1.22 bits per heavy atom. The highest BCUT2D eigenvalue weighted by molar-refractivity contribution is 6.29. The Morgan fingerprint density at radius 3 is 2.31 bits per heavy atom. The average Bonchev–Trinajstić information content (AvgIpc) is 3.33. The Bertz CT molecular complexity index is 895. The lowest BCUT2D eigenvalue weighted by Gasteiger charge is -2.36. The van der Waals surface area contributed by atoms with E-state index in [0.717, 1.165) is 4.90 Å². The van der Waals surface area contributed by atoms with Crippen molar-refractivity contribution >= 4 is 41.1 Å². The molecule has 2 fully saturated rings. The van der Waals surface area contributed by atoms with Crippen molar-refractivity contribution < 1.29 is 41.5 Å². The van der Waals surface area contributed by atoms with Crippen LogP contribution in [0.1, 0.15) is 40.5 Å². The van der Waals surface area contributed by atoms with Crippen molar-refractivity contribution in [2.75, 3.05) is 19.6 Å². The fraction of sp³-hybridized carbons (Fsp3) is 0.762. The van der Waals surface area contributed by atoms with Crippen LogP contribution >= 0.6 is 11.6 Å². The van der Waals surface area contributed by atoms with Gasteiger partial charge in [-0.2, -0.15) is 13.2 Å². The van der Waals surface area contributed by atoms with Crippen LogP contribution in [0.3, 0.4) is 0 Å². The Balaban J connectivity index is 2.26. The molecule has 15 heteroatoms. The second-order valence-electron chi connectivity index (χ2n) is 10.1. The summed E-state index contributed by atoms with van der Waals surface area (Å²) in [5.74, 6) is -6.83. The molecule has 10 nitrogen and oxygen atoms in total. The molecule has 2 saturated heterocycles. The molecule has 5 amide bonds. The zero-order chi connectivity index (χ0) is 27.6. The minimum Gasteiger partial charge on any atom is -0.356 e. The third-order valence-corrected chi connectivity index (χ3v) is 6.19. The lowest BCUT2D eigenvalue weighted by molar-refractivity contribution is -0.176. The zero-order valence-corrected chi connectivity index (χ0v) is 21.0. The van der Waals surface area contributed by atoms with Gasteiger partial charge in [0.25, 0.3) is 17.4 Å². The van der Waals surface area contributed by atoms with E-state index >= 15 is 0 Å². The van der Waals surface area contributed by atoms with Crippen LogP contribution in [0.25, 0.3) is 0 Å². The van der Waals surface area contributed by atoms with E-state index in [-0.39, 0.29) is 25.4 Å². The predicted molar refractivity (Wildman–Crippen MR) is 118 cm³/mol. The number of halogens is 5. The monoisotopic (exact) mass is 543 g/mol. The third-order valence-electron chi connectivity index (χ3n) is 6.01. The molecule has 0 radical (unpaired) electrons. The molecule has 204 valence electrons. The van der Waals surface area contributed by atoms with E-state index in [1.165, 1.54) is 20.8 Å². The van der Waals surface area contributed by atoms with Gasteiger partial charge in [-0.05, 0) is 24.2 Å². The number of hydrogen-bond acceptors (Lipinski definition) is 5. The summed E-state index contributed by atoms with van der Waals surface area (Å²) in [4.78, 5) is 63.2. The smallest absolute Gasteiger partial charge is 0.356 e. The first-order valence-corrected chi connectivity index (χ1v) is 11.7. The van der Waals surface area contributed by atoms with Gasteiger partial charge in [-0.15, -0.1) is 0 Å². The fourth-order valence-corrected chi connectivity index (χ4v) is 4.24. The maximum Gasteiger partial charge on any atom is 0.471 e. The molecule has 5 atom stereocenters. The van der Waals surface area contributed by atoms with Gasteiger partial charge in [0.1, 0.15) is 12.1 Å². The second-order valence-corrected chi connectivity index (χ2v) is 10.5. The predicted octanol–water partition coefficient (Wildman–Crippen LogP) is 0.847. The Hall–Kier alpha value is -2.64. The molecule has 2 heterocycles. The minimum atomic E-state index is -5.23. The van der Waals surface area contributed by atoms with Gasteiger partial charge in [-0.1, -0.05) is 39.3 Å². The van der Waals surface area contributed by atoms with Crippen LogP contribution in [-0.2, 0) is 24.0 Å². The number of amides is 5. The number of nitrogens with one attached hydrogen (secondary N) is 3. The number of carbonyl (C=O) groups is 5. The number of carbonyl (C=O) groups excluding carboxylic acids is 5. The van der Waals surface area contributed by atoms with Gasteiger partial charge in [-0.3, -0.25) is 29.4 Å². The molecule has 0 aromatic heterocycles. The van der Waals surface area contributed by atoms with E-state index in [9.17, 15) is 41.5 Å². The van der Waals surface area contributed by atoms with Crippen molar-refractivity contribution in [1.82, 2.24) is 26.0 Å². The SMILES string of the molecule is C[C@@H]1C[C@@H](C(=O)NN(C[C@@H]2CCNC2=O)C(=O)C(F)Cl)N(C(=O)C(NC(=O)C(F)(F)F)C(C)(C)C)C1. The highest BCUT2D eigenvalue weighted by Crippen LogP contribution is 2.29. The molecule has 2 aliphatic heterocycles. The second kappa shape index (κ2) is 11.2. The molecule has 0 aromatic carbocycles. The van der Waals surface area contributed by atoms with Gasteiger partial charge in [0.15, 0.2) is 0 Å². The number of hydrogen-bond donors (Lipinski definition) is 3. The van der Waals surface area contributed by atoms with Gasteiger partial charge in [0.2, 0.25) is 11.8 Å². The molecule has 0 saturated carbocycles. The standard InChI is InChI=1S/C21H30ClF4N5O5/c1-10-7-12(16(33)29-31(18(35)14(22)23)9-11-5-6-27-15(11)32)30(8-10)17(34)13(20(2,3)4)28-19(36)21(24,25)26/h10-14H,5-9H2,1-4H3,(H,27,32)(H,28,36)(H,29,33)/t10-,11+,12+,13?,14?/m1/s1. The number of nitrogens with zero attached hydrogens (tertiary/aromatic N) is 2. The summed E-state index contributed by atoms with van der Waals surface area (Å²) in [6, 6.07) is -2.86. The van der Waals surface area contributed by atoms with E-state index in [0.29, 0.717) is 18.0 Å².